The van der Waals surface area contributed by atoms with Crippen LogP contribution in [0.5, 0.6) is 0 Å². The van der Waals surface area contributed by atoms with E-state index in [0.29, 0.717) is 16.1 Å². The van der Waals surface area contributed by atoms with Crippen molar-refractivity contribution in [3.63, 3.8) is 0 Å². The molecule has 1 saturated heterocycles. The highest BCUT2D eigenvalue weighted by molar-refractivity contribution is 7.20. The predicted octanol–water partition coefficient (Wildman–Crippen LogP) is 4.44. The van der Waals surface area contributed by atoms with Crippen LogP contribution in [-0.4, -0.2) is 39.6 Å². The van der Waals surface area contributed by atoms with Gasteiger partial charge in [0.1, 0.15) is 4.83 Å². The van der Waals surface area contributed by atoms with E-state index in [1.807, 2.05) is 25.1 Å². The average molecular weight is 409 g/mol. The number of amides is 1. The molecule has 1 aliphatic rings. The number of thiophene rings is 1. The first-order valence-corrected chi connectivity index (χ1v) is 10.7. The monoisotopic (exact) mass is 408 g/mol. The zero-order chi connectivity index (χ0) is 20.4. The van der Waals surface area contributed by atoms with Crippen molar-refractivity contribution in [2.24, 2.45) is 0 Å². The molecular formula is C22H24N4O2S. The summed E-state index contributed by atoms with van der Waals surface area (Å²) < 4.78 is 0. The summed E-state index contributed by atoms with van der Waals surface area (Å²) in [4.78, 5) is 37.0. The molecule has 6 nitrogen and oxygen atoms in total. The maximum atomic E-state index is 12.8. The van der Waals surface area contributed by atoms with Crippen molar-refractivity contribution in [1.29, 1.82) is 0 Å². The topological polar surface area (TPSA) is 75.2 Å². The Kier molecular flexibility index (Phi) is 5.69. The van der Waals surface area contributed by atoms with Crippen LogP contribution in [0, 0.1) is 6.92 Å². The Morgan fingerprint density at radius 2 is 1.93 bits per heavy atom. The second kappa shape index (κ2) is 8.39. The fraction of sp³-hybridized carbons (Fsp3) is 0.364. The van der Waals surface area contributed by atoms with Crippen LogP contribution in [0.2, 0.25) is 0 Å². The number of piperidine rings is 1. The van der Waals surface area contributed by atoms with Gasteiger partial charge in [0.05, 0.1) is 22.5 Å². The zero-order valence-electron chi connectivity index (χ0n) is 16.7. The third-order valence-electron chi connectivity index (χ3n) is 5.32. The van der Waals surface area contributed by atoms with Crippen LogP contribution in [0.25, 0.3) is 10.2 Å². The van der Waals surface area contributed by atoms with Gasteiger partial charge < -0.3 is 5.32 Å². The third-order valence-corrected chi connectivity index (χ3v) is 6.54. The molecule has 0 bridgehead atoms. The summed E-state index contributed by atoms with van der Waals surface area (Å²) in [6.45, 7) is 6.52. The smallest absolute Gasteiger partial charge is 0.266 e. The quantitative estimate of drug-likeness (QED) is 0.632. The molecule has 0 atom stereocenters. The van der Waals surface area contributed by atoms with Gasteiger partial charge in [0.25, 0.3) is 5.91 Å². The lowest BCUT2D eigenvalue weighted by molar-refractivity contribution is 0.101. The maximum Gasteiger partial charge on any atom is 0.266 e. The number of Topliss-reactive ketones (excluding diaryl/α,β-unsaturated/α-hetero) is 1. The van der Waals surface area contributed by atoms with Gasteiger partial charge in [-0.1, -0.05) is 6.42 Å². The lowest BCUT2D eigenvalue weighted by Gasteiger charge is -2.25. The second-order valence-corrected chi connectivity index (χ2v) is 8.52. The maximum absolute atomic E-state index is 12.8. The first-order valence-electron chi connectivity index (χ1n) is 9.90. The van der Waals surface area contributed by atoms with Crippen molar-refractivity contribution in [2.45, 2.75) is 39.7 Å². The SMILES string of the molecule is CC(=O)c1cnc2sc(C(=O)Nc3ccc(CN4CCCCC4)nc3)c(C)c2c1. The minimum Gasteiger partial charge on any atom is -0.320 e. The molecule has 3 aromatic heterocycles. The number of pyridine rings is 2. The van der Waals surface area contributed by atoms with Crippen molar-refractivity contribution in [1.82, 2.24) is 14.9 Å². The number of anilines is 1. The number of hydrogen-bond donors (Lipinski definition) is 1. The van der Waals surface area contributed by atoms with Gasteiger partial charge in [-0.05, 0) is 63.5 Å². The molecule has 0 aliphatic carbocycles. The van der Waals surface area contributed by atoms with Crippen molar-refractivity contribution >= 4 is 38.9 Å². The Morgan fingerprint density at radius 3 is 2.62 bits per heavy atom. The number of carbonyl (C=O) groups is 2. The van der Waals surface area contributed by atoms with Gasteiger partial charge in [0.15, 0.2) is 5.78 Å². The van der Waals surface area contributed by atoms with Gasteiger partial charge >= 0.3 is 0 Å². The van der Waals surface area contributed by atoms with Crippen LogP contribution >= 0.6 is 11.3 Å². The normalized spacial score (nSPS) is 14.8. The van der Waals surface area contributed by atoms with E-state index in [9.17, 15) is 9.59 Å². The molecule has 1 fully saturated rings. The van der Waals surface area contributed by atoms with E-state index in [1.165, 1.54) is 37.5 Å². The number of nitrogens with zero attached hydrogens (tertiary/aromatic N) is 3. The molecule has 0 aromatic carbocycles. The third kappa shape index (κ3) is 4.36. The molecular weight excluding hydrogens is 384 g/mol. The standard InChI is InChI=1S/C22H24N4O2S/c1-14-19-10-16(15(2)27)11-24-22(19)29-20(14)21(28)25-17-6-7-18(23-12-17)13-26-8-4-3-5-9-26/h6-7,10-12H,3-5,8-9,13H2,1-2H3,(H,25,28). The van der Waals surface area contributed by atoms with E-state index in [1.54, 1.807) is 12.4 Å². The first-order chi connectivity index (χ1) is 14.0. The van der Waals surface area contributed by atoms with Gasteiger partial charge in [-0.2, -0.15) is 0 Å². The molecule has 3 aromatic rings. The van der Waals surface area contributed by atoms with E-state index in [0.717, 1.165) is 41.1 Å². The Balaban J connectivity index is 1.47. The second-order valence-electron chi connectivity index (χ2n) is 7.52. The van der Waals surface area contributed by atoms with Crippen molar-refractivity contribution in [3.05, 3.63) is 52.3 Å². The number of likely N-dealkylation sites (tertiary alicyclic amines) is 1. The fourth-order valence-electron chi connectivity index (χ4n) is 3.63. The van der Waals surface area contributed by atoms with Crippen molar-refractivity contribution in [3.8, 4) is 0 Å². The number of hydrogen-bond acceptors (Lipinski definition) is 6. The molecule has 1 aliphatic heterocycles. The van der Waals surface area contributed by atoms with E-state index in [4.69, 9.17) is 0 Å². The average Bonchev–Trinajstić information content (AvgIpc) is 3.06. The number of carbonyl (C=O) groups excluding carboxylic acids is 2. The molecule has 150 valence electrons. The minimum atomic E-state index is -0.180. The number of nitrogens with one attached hydrogen (secondary N) is 1. The van der Waals surface area contributed by atoms with Gasteiger partial charge in [0, 0.05) is 23.7 Å². The highest BCUT2D eigenvalue weighted by atomic mass is 32.1. The molecule has 4 rings (SSSR count). The van der Waals surface area contributed by atoms with E-state index in [2.05, 4.69) is 20.2 Å². The molecule has 0 unspecified atom stereocenters. The van der Waals surface area contributed by atoms with Gasteiger partial charge in [0.2, 0.25) is 0 Å². The lowest BCUT2D eigenvalue weighted by atomic mass is 10.1. The summed E-state index contributed by atoms with van der Waals surface area (Å²) in [5.74, 6) is -0.216. The lowest BCUT2D eigenvalue weighted by Crippen LogP contribution is -2.29. The summed E-state index contributed by atoms with van der Waals surface area (Å²) in [6, 6.07) is 5.69. The molecule has 29 heavy (non-hydrogen) atoms. The van der Waals surface area contributed by atoms with Crippen LogP contribution in [0.15, 0.2) is 30.6 Å². The summed E-state index contributed by atoms with van der Waals surface area (Å²) in [6.07, 6.45) is 7.10. The van der Waals surface area contributed by atoms with Crippen LogP contribution < -0.4 is 5.32 Å². The molecule has 1 N–H and O–H groups in total. The Hall–Kier alpha value is -2.64. The van der Waals surface area contributed by atoms with E-state index in [-0.39, 0.29) is 11.7 Å². The van der Waals surface area contributed by atoms with Crippen LogP contribution in [0.1, 0.15) is 57.5 Å². The fourth-order valence-corrected chi connectivity index (χ4v) is 4.66. The Bertz CT molecular complexity index is 1050. The van der Waals surface area contributed by atoms with Crippen LogP contribution in [0.4, 0.5) is 5.69 Å². The largest absolute Gasteiger partial charge is 0.320 e. The highest BCUT2D eigenvalue weighted by Gasteiger charge is 2.18. The molecule has 1 amide bonds. The van der Waals surface area contributed by atoms with Gasteiger partial charge in [-0.3, -0.25) is 19.5 Å². The first kappa shape index (κ1) is 19.7. The number of aryl methyl sites for hydroxylation is 1. The van der Waals surface area contributed by atoms with Crippen molar-refractivity contribution in [2.75, 3.05) is 18.4 Å². The Morgan fingerprint density at radius 1 is 1.14 bits per heavy atom. The minimum absolute atomic E-state index is 0.0354. The van der Waals surface area contributed by atoms with E-state index >= 15 is 0 Å². The molecule has 0 radical (unpaired) electrons. The van der Waals surface area contributed by atoms with Gasteiger partial charge in [-0.25, -0.2) is 4.98 Å². The zero-order valence-corrected chi connectivity index (χ0v) is 17.5. The Labute approximate surface area is 174 Å². The number of rotatable bonds is 5. The van der Waals surface area contributed by atoms with Crippen LogP contribution in [-0.2, 0) is 6.54 Å². The summed E-state index contributed by atoms with van der Waals surface area (Å²) in [7, 11) is 0. The number of ketones is 1. The summed E-state index contributed by atoms with van der Waals surface area (Å²) >= 11 is 1.34. The molecule has 0 saturated carbocycles. The van der Waals surface area contributed by atoms with Gasteiger partial charge in [-0.15, -0.1) is 11.3 Å². The molecule has 4 heterocycles. The number of fused-ring (bicyclic) bond motifs is 1. The summed E-state index contributed by atoms with van der Waals surface area (Å²) in [5, 5.41) is 3.78. The molecule has 0 spiro atoms. The number of aromatic nitrogens is 2. The summed E-state index contributed by atoms with van der Waals surface area (Å²) in [5.41, 5.74) is 3.09. The van der Waals surface area contributed by atoms with E-state index < -0.39 is 0 Å². The van der Waals surface area contributed by atoms with Crippen LogP contribution in [0.3, 0.4) is 0 Å². The van der Waals surface area contributed by atoms with Crippen molar-refractivity contribution < 1.29 is 9.59 Å². The highest BCUT2D eigenvalue weighted by Crippen LogP contribution is 2.30. The molecule has 7 heteroatoms. The predicted molar refractivity (Wildman–Crippen MR) is 116 cm³/mol.